The van der Waals surface area contributed by atoms with Crippen LogP contribution in [-0.4, -0.2) is 24.5 Å². The van der Waals surface area contributed by atoms with Gasteiger partial charge in [0.05, 0.1) is 11.7 Å². The van der Waals surface area contributed by atoms with E-state index in [9.17, 15) is 4.79 Å². The number of rotatable bonds is 3. The van der Waals surface area contributed by atoms with Crippen molar-refractivity contribution in [2.75, 3.05) is 11.4 Å². The van der Waals surface area contributed by atoms with E-state index in [4.69, 9.17) is 0 Å². The average Bonchev–Trinajstić information content (AvgIpc) is 2.32. The van der Waals surface area contributed by atoms with Gasteiger partial charge in [0.25, 0.3) is 0 Å². The number of anilines is 1. The number of nitrogens with one attached hydrogen (secondary N) is 1. The maximum absolute atomic E-state index is 12.5. The lowest BCUT2D eigenvalue weighted by Gasteiger charge is -2.34. The van der Waals surface area contributed by atoms with Crippen LogP contribution >= 0.6 is 31.9 Å². The van der Waals surface area contributed by atoms with Crippen LogP contribution in [0.25, 0.3) is 0 Å². The number of benzene rings is 1. The smallest absolute Gasteiger partial charge is 0.244 e. The van der Waals surface area contributed by atoms with Gasteiger partial charge in [-0.2, -0.15) is 0 Å². The minimum Gasteiger partial charge on any atom is -0.310 e. The van der Waals surface area contributed by atoms with Crippen molar-refractivity contribution < 1.29 is 4.79 Å². The number of nitrogens with zero attached hydrogens (tertiary/aromatic N) is 1. The Morgan fingerprint density at radius 2 is 2.11 bits per heavy atom. The second-order valence-corrected chi connectivity index (χ2v) is 6.87. The lowest BCUT2D eigenvalue weighted by atomic mass is 10.0. The molecule has 1 atom stereocenters. The van der Waals surface area contributed by atoms with E-state index in [1.807, 2.05) is 23.1 Å². The molecule has 1 aliphatic rings. The molecule has 1 amide bonds. The average molecular weight is 390 g/mol. The lowest BCUT2D eigenvalue weighted by molar-refractivity contribution is -0.121. The SMILES string of the molecule is CC(C)NC1CCCN(c2ccc(Br)cc2Br)C1=O. The molecule has 0 spiro atoms. The highest BCUT2D eigenvalue weighted by molar-refractivity contribution is 9.11. The Kier molecular flexibility index (Phi) is 5.03. The molecule has 1 fully saturated rings. The third-order valence-electron chi connectivity index (χ3n) is 3.17. The Hall–Kier alpha value is -0.390. The van der Waals surface area contributed by atoms with Gasteiger partial charge in [0, 0.05) is 21.5 Å². The first-order valence-electron chi connectivity index (χ1n) is 6.51. The van der Waals surface area contributed by atoms with Crippen LogP contribution in [0.5, 0.6) is 0 Å². The zero-order valence-electron chi connectivity index (χ0n) is 11.1. The third-order valence-corrected chi connectivity index (χ3v) is 4.30. The number of amides is 1. The summed E-state index contributed by atoms with van der Waals surface area (Å²) in [4.78, 5) is 14.4. The molecule has 104 valence electrons. The molecule has 1 unspecified atom stereocenters. The van der Waals surface area contributed by atoms with E-state index in [0.29, 0.717) is 6.04 Å². The zero-order chi connectivity index (χ0) is 14.0. The monoisotopic (exact) mass is 388 g/mol. The van der Waals surface area contributed by atoms with Gasteiger partial charge in [-0.1, -0.05) is 29.8 Å². The highest BCUT2D eigenvalue weighted by Gasteiger charge is 2.30. The van der Waals surface area contributed by atoms with Crippen LogP contribution in [0.4, 0.5) is 5.69 Å². The summed E-state index contributed by atoms with van der Waals surface area (Å²) in [6, 6.07) is 6.17. The predicted molar refractivity (Wildman–Crippen MR) is 85.5 cm³/mol. The van der Waals surface area contributed by atoms with E-state index in [1.165, 1.54) is 0 Å². The number of hydrogen-bond acceptors (Lipinski definition) is 2. The molecule has 1 saturated heterocycles. The van der Waals surface area contributed by atoms with Gasteiger partial charge in [-0.15, -0.1) is 0 Å². The second kappa shape index (κ2) is 6.37. The van der Waals surface area contributed by atoms with Gasteiger partial charge >= 0.3 is 0 Å². The van der Waals surface area contributed by atoms with Gasteiger partial charge in [0.1, 0.15) is 0 Å². The first-order valence-corrected chi connectivity index (χ1v) is 8.10. The second-order valence-electron chi connectivity index (χ2n) is 5.10. The Morgan fingerprint density at radius 3 is 2.74 bits per heavy atom. The van der Waals surface area contributed by atoms with E-state index in [2.05, 4.69) is 51.0 Å². The summed E-state index contributed by atoms with van der Waals surface area (Å²) < 4.78 is 1.95. The summed E-state index contributed by atoms with van der Waals surface area (Å²) in [7, 11) is 0. The third kappa shape index (κ3) is 3.58. The summed E-state index contributed by atoms with van der Waals surface area (Å²) in [5, 5.41) is 3.35. The molecule has 1 aromatic rings. The molecule has 0 aliphatic carbocycles. The van der Waals surface area contributed by atoms with Gasteiger partial charge in [0.2, 0.25) is 5.91 Å². The Labute approximate surface area is 131 Å². The highest BCUT2D eigenvalue weighted by atomic mass is 79.9. The van der Waals surface area contributed by atoms with Crippen LogP contribution in [0.15, 0.2) is 27.1 Å². The van der Waals surface area contributed by atoms with E-state index in [-0.39, 0.29) is 11.9 Å². The van der Waals surface area contributed by atoms with Crippen molar-refractivity contribution in [3.05, 3.63) is 27.1 Å². The fraction of sp³-hybridized carbons (Fsp3) is 0.500. The number of hydrogen-bond donors (Lipinski definition) is 1. The standard InChI is InChI=1S/C14H18Br2N2O/c1-9(2)17-12-4-3-7-18(14(12)19)13-6-5-10(15)8-11(13)16/h5-6,8-9,12,17H,3-4,7H2,1-2H3. The molecule has 3 nitrogen and oxygen atoms in total. The molecule has 0 saturated carbocycles. The maximum Gasteiger partial charge on any atom is 0.244 e. The number of carbonyl (C=O) groups is 1. The fourth-order valence-electron chi connectivity index (χ4n) is 2.37. The van der Waals surface area contributed by atoms with Crippen molar-refractivity contribution in [3.63, 3.8) is 0 Å². The molecule has 19 heavy (non-hydrogen) atoms. The van der Waals surface area contributed by atoms with Crippen molar-refractivity contribution in [1.82, 2.24) is 5.32 Å². The first-order chi connectivity index (χ1) is 8.99. The number of piperidine rings is 1. The van der Waals surface area contributed by atoms with Gasteiger partial charge in [-0.05, 0) is 47.0 Å². The summed E-state index contributed by atoms with van der Waals surface area (Å²) in [5.41, 5.74) is 0.948. The number of carbonyl (C=O) groups excluding carboxylic acids is 1. The Bertz CT molecular complexity index is 477. The molecule has 1 heterocycles. The van der Waals surface area contributed by atoms with Crippen LogP contribution in [0.1, 0.15) is 26.7 Å². The zero-order valence-corrected chi connectivity index (χ0v) is 14.3. The lowest BCUT2D eigenvalue weighted by Crippen LogP contribution is -2.52. The van der Waals surface area contributed by atoms with Crippen LogP contribution in [0.3, 0.4) is 0 Å². The van der Waals surface area contributed by atoms with Crippen molar-refractivity contribution in [2.45, 2.75) is 38.8 Å². The number of halogens is 2. The summed E-state index contributed by atoms with van der Waals surface area (Å²) in [6.45, 7) is 4.93. The van der Waals surface area contributed by atoms with Gasteiger partial charge < -0.3 is 10.2 Å². The van der Waals surface area contributed by atoms with Crippen molar-refractivity contribution >= 4 is 43.5 Å². The van der Waals surface area contributed by atoms with Gasteiger partial charge in [-0.3, -0.25) is 4.79 Å². The molecule has 1 aromatic carbocycles. The van der Waals surface area contributed by atoms with Gasteiger partial charge in [-0.25, -0.2) is 0 Å². The van der Waals surface area contributed by atoms with E-state index in [0.717, 1.165) is 34.0 Å². The first kappa shape index (κ1) is 15.0. The Balaban J connectivity index is 2.21. The quantitative estimate of drug-likeness (QED) is 0.854. The van der Waals surface area contributed by atoms with Crippen molar-refractivity contribution in [2.24, 2.45) is 0 Å². The van der Waals surface area contributed by atoms with Crippen molar-refractivity contribution in [1.29, 1.82) is 0 Å². The molecule has 0 aromatic heterocycles. The largest absolute Gasteiger partial charge is 0.310 e. The summed E-state index contributed by atoms with van der Waals surface area (Å²) >= 11 is 6.97. The van der Waals surface area contributed by atoms with Crippen molar-refractivity contribution in [3.8, 4) is 0 Å². The molecule has 1 N–H and O–H groups in total. The topological polar surface area (TPSA) is 32.3 Å². The van der Waals surface area contributed by atoms with Crippen LogP contribution < -0.4 is 10.2 Å². The molecule has 1 aliphatic heterocycles. The molecule has 5 heteroatoms. The fourth-order valence-corrected chi connectivity index (χ4v) is 3.63. The molecule has 0 radical (unpaired) electrons. The van der Waals surface area contributed by atoms with E-state index < -0.39 is 0 Å². The van der Waals surface area contributed by atoms with Gasteiger partial charge in [0.15, 0.2) is 0 Å². The minimum absolute atomic E-state index is 0.0655. The molecular formula is C14H18Br2N2O. The summed E-state index contributed by atoms with van der Waals surface area (Å²) in [6.07, 6.45) is 1.94. The molecular weight excluding hydrogens is 372 g/mol. The molecule has 0 bridgehead atoms. The van der Waals surface area contributed by atoms with E-state index in [1.54, 1.807) is 0 Å². The maximum atomic E-state index is 12.5. The predicted octanol–water partition coefficient (Wildman–Crippen LogP) is 3.71. The van der Waals surface area contributed by atoms with Crippen LogP contribution in [0.2, 0.25) is 0 Å². The normalized spacial score (nSPS) is 20.2. The minimum atomic E-state index is -0.0655. The van der Waals surface area contributed by atoms with Crippen LogP contribution in [-0.2, 0) is 4.79 Å². The Morgan fingerprint density at radius 1 is 1.37 bits per heavy atom. The highest BCUT2D eigenvalue weighted by Crippen LogP contribution is 2.31. The van der Waals surface area contributed by atoms with Crippen LogP contribution in [0, 0.1) is 0 Å². The van der Waals surface area contributed by atoms with E-state index >= 15 is 0 Å². The molecule has 2 rings (SSSR count). The summed E-state index contributed by atoms with van der Waals surface area (Å²) in [5.74, 6) is 0.169.